The Hall–Kier alpha value is -4.73. The fourth-order valence-electron chi connectivity index (χ4n) is 3.69. The molecule has 34 heavy (non-hydrogen) atoms. The number of ether oxygens (including phenoxy) is 1. The number of hydrogen-bond acceptors (Lipinski definition) is 6. The Bertz CT molecular complexity index is 1610. The third kappa shape index (κ3) is 3.81. The van der Waals surface area contributed by atoms with Crippen molar-refractivity contribution in [3.05, 3.63) is 83.0 Å². The Morgan fingerprint density at radius 1 is 1.03 bits per heavy atom. The first-order chi connectivity index (χ1) is 16.4. The van der Waals surface area contributed by atoms with Crippen LogP contribution >= 0.6 is 0 Å². The van der Waals surface area contributed by atoms with Crippen molar-refractivity contribution in [2.45, 2.75) is 13.5 Å². The van der Waals surface area contributed by atoms with Gasteiger partial charge in [0.15, 0.2) is 11.4 Å². The molecule has 0 bridgehead atoms. The first kappa shape index (κ1) is 21.1. The van der Waals surface area contributed by atoms with Gasteiger partial charge in [0.1, 0.15) is 17.8 Å². The minimum Gasteiger partial charge on any atom is -0.497 e. The summed E-state index contributed by atoms with van der Waals surface area (Å²) in [6.45, 7) is 1.17. The number of carbonyl (C=O) groups is 2. The number of benzene rings is 2. The van der Waals surface area contributed by atoms with Crippen LogP contribution in [0.5, 0.6) is 5.75 Å². The lowest BCUT2D eigenvalue weighted by Crippen LogP contribution is -2.28. The van der Waals surface area contributed by atoms with Gasteiger partial charge in [0.25, 0.3) is 0 Å². The van der Waals surface area contributed by atoms with Crippen molar-refractivity contribution < 1.29 is 14.3 Å². The number of Topliss-reactive ketones (excluding diaryl/α,β-unsaturated/α-hetero) is 1. The Morgan fingerprint density at radius 2 is 1.82 bits per heavy atom. The number of hydrogen-bond donors (Lipinski definition) is 1. The standard InChI is InChI=1S/C24H20N6O4/c1-15(31)17-4-3-5-18(12-17)25-22(32)14-30-24(33)28-10-11-29-21(23(28)27-30)13-20(26-29)16-6-8-19(34-2)9-7-16/h3-13H,14H2,1-2H3,(H,25,32). The Balaban J connectivity index is 1.45. The fraction of sp³-hybridized carbons (Fsp3) is 0.125. The molecule has 1 N–H and O–H groups in total. The predicted molar refractivity (Wildman–Crippen MR) is 125 cm³/mol. The average molecular weight is 456 g/mol. The van der Waals surface area contributed by atoms with Gasteiger partial charge in [-0.15, -0.1) is 5.10 Å². The van der Waals surface area contributed by atoms with E-state index >= 15 is 0 Å². The van der Waals surface area contributed by atoms with Crippen LogP contribution in [-0.4, -0.2) is 42.6 Å². The minimum absolute atomic E-state index is 0.105. The van der Waals surface area contributed by atoms with E-state index in [1.807, 2.05) is 30.3 Å². The lowest BCUT2D eigenvalue weighted by molar-refractivity contribution is -0.117. The number of fused-ring (bicyclic) bond motifs is 3. The summed E-state index contributed by atoms with van der Waals surface area (Å²) in [5, 5.41) is 11.6. The van der Waals surface area contributed by atoms with Crippen molar-refractivity contribution in [3.8, 4) is 17.0 Å². The zero-order valence-corrected chi connectivity index (χ0v) is 18.4. The summed E-state index contributed by atoms with van der Waals surface area (Å²) in [5.74, 6) is 0.202. The van der Waals surface area contributed by atoms with Gasteiger partial charge in [-0.25, -0.2) is 18.4 Å². The summed E-state index contributed by atoms with van der Waals surface area (Å²) < 4.78 is 9.31. The first-order valence-electron chi connectivity index (χ1n) is 10.5. The first-order valence-corrected chi connectivity index (χ1v) is 10.5. The van der Waals surface area contributed by atoms with Gasteiger partial charge in [0.2, 0.25) is 5.91 Å². The molecule has 0 aliphatic carbocycles. The van der Waals surface area contributed by atoms with Crippen LogP contribution in [0.4, 0.5) is 5.69 Å². The molecule has 0 atom stereocenters. The van der Waals surface area contributed by atoms with Crippen molar-refractivity contribution in [2.24, 2.45) is 0 Å². The number of rotatable bonds is 6. The number of carbonyl (C=O) groups excluding carboxylic acids is 2. The van der Waals surface area contributed by atoms with Crippen molar-refractivity contribution in [1.82, 2.24) is 23.8 Å². The molecule has 0 fully saturated rings. The van der Waals surface area contributed by atoms with Gasteiger partial charge in [0.05, 0.1) is 12.8 Å². The van der Waals surface area contributed by atoms with Gasteiger partial charge in [-0.2, -0.15) is 5.10 Å². The number of methoxy groups -OCH3 is 1. The van der Waals surface area contributed by atoms with Crippen molar-refractivity contribution in [2.75, 3.05) is 12.4 Å². The minimum atomic E-state index is -0.447. The molecule has 0 aliphatic heterocycles. The highest BCUT2D eigenvalue weighted by atomic mass is 16.5. The van der Waals surface area contributed by atoms with Crippen LogP contribution in [0.1, 0.15) is 17.3 Å². The summed E-state index contributed by atoms with van der Waals surface area (Å²) in [6.07, 6.45) is 3.23. The second-order valence-corrected chi connectivity index (χ2v) is 7.71. The van der Waals surface area contributed by atoms with Gasteiger partial charge >= 0.3 is 5.69 Å². The topological polar surface area (TPSA) is 112 Å². The molecule has 2 aromatic carbocycles. The van der Waals surface area contributed by atoms with E-state index in [0.29, 0.717) is 28.1 Å². The van der Waals surface area contributed by atoms with Gasteiger partial charge in [-0.3, -0.25) is 9.59 Å². The molecule has 5 rings (SSSR count). The lowest BCUT2D eigenvalue weighted by atomic mass is 10.1. The molecule has 3 heterocycles. The van der Waals surface area contributed by atoms with Gasteiger partial charge in [-0.1, -0.05) is 12.1 Å². The normalized spacial score (nSPS) is 11.1. The van der Waals surface area contributed by atoms with E-state index in [9.17, 15) is 14.4 Å². The van der Waals surface area contributed by atoms with Gasteiger partial charge in [0, 0.05) is 29.2 Å². The van der Waals surface area contributed by atoms with E-state index in [4.69, 9.17) is 4.74 Å². The molecular weight excluding hydrogens is 436 g/mol. The molecule has 10 nitrogen and oxygen atoms in total. The van der Waals surface area contributed by atoms with Crippen LogP contribution in [-0.2, 0) is 11.3 Å². The fourth-order valence-corrected chi connectivity index (χ4v) is 3.69. The van der Waals surface area contributed by atoms with Crippen molar-refractivity contribution >= 4 is 28.5 Å². The third-order valence-corrected chi connectivity index (χ3v) is 5.42. The zero-order valence-electron chi connectivity index (χ0n) is 18.4. The van der Waals surface area contributed by atoms with Gasteiger partial charge in [-0.05, 0) is 49.4 Å². The number of anilines is 1. The maximum absolute atomic E-state index is 12.8. The van der Waals surface area contributed by atoms with E-state index in [2.05, 4.69) is 15.5 Å². The second kappa shape index (κ2) is 8.32. The number of amides is 1. The smallest absolute Gasteiger partial charge is 0.350 e. The molecular formula is C24H20N6O4. The van der Waals surface area contributed by atoms with Crippen LogP contribution in [0.15, 0.2) is 71.8 Å². The van der Waals surface area contributed by atoms with E-state index in [1.165, 1.54) is 11.3 Å². The molecule has 0 unspecified atom stereocenters. The van der Waals surface area contributed by atoms with Crippen LogP contribution in [0.25, 0.3) is 22.4 Å². The number of nitrogens with zero attached hydrogens (tertiary/aromatic N) is 5. The molecule has 0 aliphatic rings. The Labute approximate surface area is 193 Å². The molecule has 0 saturated heterocycles. The summed E-state index contributed by atoms with van der Waals surface area (Å²) >= 11 is 0. The lowest BCUT2D eigenvalue weighted by Gasteiger charge is -2.05. The van der Waals surface area contributed by atoms with E-state index in [0.717, 1.165) is 16.0 Å². The molecule has 0 radical (unpaired) electrons. The van der Waals surface area contributed by atoms with E-state index < -0.39 is 11.6 Å². The predicted octanol–water partition coefficient (Wildman–Crippen LogP) is 2.66. The zero-order chi connectivity index (χ0) is 23.8. The largest absolute Gasteiger partial charge is 0.497 e. The Kier molecular flexibility index (Phi) is 5.17. The second-order valence-electron chi connectivity index (χ2n) is 7.71. The Morgan fingerprint density at radius 3 is 2.56 bits per heavy atom. The summed E-state index contributed by atoms with van der Waals surface area (Å²) in [4.78, 5) is 37.0. The van der Waals surface area contributed by atoms with Crippen LogP contribution in [0.3, 0.4) is 0 Å². The molecule has 5 aromatic rings. The van der Waals surface area contributed by atoms with Gasteiger partial charge < -0.3 is 10.1 Å². The monoisotopic (exact) mass is 456 g/mol. The van der Waals surface area contributed by atoms with E-state index in [1.54, 1.807) is 48.3 Å². The third-order valence-electron chi connectivity index (χ3n) is 5.42. The van der Waals surface area contributed by atoms with E-state index in [-0.39, 0.29) is 12.3 Å². The quantitative estimate of drug-likeness (QED) is 0.393. The number of aromatic nitrogens is 5. The van der Waals surface area contributed by atoms with Crippen LogP contribution < -0.4 is 15.7 Å². The van der Waals surface area contributed by atoms with Crippen molar-refractivity contribution in [3.63, 3.8) is 0 Å². The highest BCUT2D eigenvalue weighted by Gasteiger charge is 2.16. The van der Waals surface area contributed by atoms with Crippen LogP contribution in [0.2, 0.25) is 0 Å². The maximum Gasteiger partial charge on any atom is 0.350 e. The summed E-state index contributed by atoms with van der Waals surface area (Å²) in [5.41, 5.74) is 3.11. The number of nitrogens with one attached hydrogen (secondary N) is 1. The highest BCUT2D eigenvalue weighted by molar-refractivity contribution is 5.97. The van der Waals surface area contributed by atoms with Crippen molar-refractivity contribution in [1.29, 1.82) is 0 Å². The molecule has 0 spiro atoms. The molecule has 0 saturated carbocycles. The average Bonchev–Trinajstić information content (AvgIpc) is 3.41. The molecule has 170 valence electrons. The maximum atomic E-state index is 12.8. The number of ketones is 1. The van der Waals surface area contributed by atoms with Crippen LogP contribution in [0, 0.1) is 0 Å². The summed E-state index contributed by atoms with van der Waals surface area (Å²) in [7, 11) is 1.61. The molecule has 1 amide bonds. The summed E-state index contributed by atoms with van der Waals surface area (Å²) in [6, 6.07) is 15.9. The highest BCUT2D eigenvalue weighted by Crippen LogP contribution is 2.23. The molecule has 10 heteroatoms. The molecule has 3 aromatic heterocycles. The SMILES string of the molecule is COc1ccc(-c2cc3c4nn(CC(=O)Nc5cccc(C(C)=O)c5)c(=O)n4ccn3n2)cc1.